The van der Waals surface area contributed by atoms with Crippen molar-refractivity contribution in [2.75, 3.05) is 0 Å². The van der Waals surface area contributed by atoms with Crippen molar-refractivity contribution in [3.05, 3.63) is 84.2 Å². The van der Waals surface area contributed by atoms with Crippen molar-refractivity contribution >= 4 is 12.2 Å². The SMILES string of the molecule is C=Cc1nc(-c2ccc(C)cc2)n(-c2ccccc2)c1/C=C\C. The molecule has 0 aliphatic heterocycles. The molecular formula is C21H20N2. The molecule has 114 valence electrons. The van der Waals surface area contributed by atoms with Gasteiger partial charge in [0.1, 0.15) is 5.82 Å². The van der Waals surface area contributed by atoms with Gasteiger partial charge in [0.25, 0.3) is 0 Å². The summed E-state index contributed by atoms with van der Waals surface area (Å²) in [5.74, 6) is 0.930. The van der Waals surface area contributed by atoms with Gasteiger partial charge in [-0.2, -0.15) is 0 Å². The highest BCUT2D eigenvalue weighted by molar-refractivity contribution is 5.70. The predicted octanol–water partition coefficient (Wildman–Crippen LogP) is 5.52. The maximum Gasteiger partial charge on any atom is 0.145 e. The molecule has 2 heteroatoms. The normalized spacial score (nSPS) is 11.0. The summed E-state index contributed by atoms with van der Waals surface area (Å²) in [5.41, 5.74) is 5.37. The fourth-order valence-corrected chi connectivity index (χ4v) is 2.65. The monoisotopic (exact) mass is 300 g/mol. The Hall–Kier alpha value is -2.87. The number of hydrogen-bond donors (Lipinski definition) is 0. The Balaban J connectivity index is 2.31. The van der Waals surface area contributed by atoms with Crippen LogP contribution in [0.5, 0.6) is 0 Å². The molecule has 2 aromatic carbocycles. The molecule has 0 aliphatic rings. The van der Waals surface area contributed by atoms with E-state index < -0.39 is 0 Å². The van der Waals surface area contributed by atoms with Crippen molar-refractivity contribution in [3.63, 3.8) is 0 Å². The second kappa shape index (κ2) is 6.49. The van der Waals surface area contributed by atoms with Gasteiger partial charge < -0.3 is 0 Å². The molecule has 1 heterocycles. The van der Waals surface area contributed by atoms with Crippen LogP contribution in [0.15, 0.2) is 67.3 Å². The number of rotatable bonds is 4. The molecular weight excluding hydrogens is 280 g/mol. The number of nitrogens with zero attached hydrogens (tertiary/aromatic N) is 2. The smallest absolute Gasteiger partial charge is 0.145 e. The van der Waals surface area contributed by atoms with Gasteiger partial charge in [0.05, 0.1) is 11.4 Å². The molecule has 0 bridgehead atoms. The molecule has 0 saturated heterocycles. The van der Waals surface area contributed by atoms with E-state index in [-0.39, 0.29) is 0 Å². The lowest BCUT2D eigenvalue weighted by atomic mass is 10.1. The molecule has 0 unspecified atom stereocenters. The van der Waals surface area contributed by atoms with Gasteiger partial charge in [-0.1, -0.05) is 60.7 Å². The van der Waals surface area contributed by atoms with Crippen LogP contribution in [0.3, 0.4) is 0 Å². The number of para-hydroxylation sites is 1. The first-order valence-electron chi connectivity index (χ1n) is 7.75. The van der Waals surface area contributed by atoms with Crippen molar-refractivity contribution in [3.8, 4) is 17.1 Å². The van der Waals surface area contributed by atoms with E-state index in [9.17, 15) is 0 Å². The van der Waals surface area contributed by atoms with Crippen LogP contribution in [0.2, 0.25) is 0 Å². The highest BCUT2D eigenvalue weighted by Gasteiger charge is 2.16. The van der Waals surface area contributed by atoms with Crippen LogP contribution < -0.4 is 0 Å². The zero-order valence-electron chi connectivity index (χ0n) is 13.5. The molecule has 3 aromatic rings. The highest BCUT2D eigenvalue weighted by Crippen LogP contribution is 2.28. The van der Waals surface area contributed by atoms with Gasteiger partial charge in [-0.3, -0.25) is 4.57 Å². The van der Waals surface area contributed by atoms with Crippen LogP contribution >= 0.6 is 0 Å². The minimum atomic E-state index is 0.891. The number of aromatic nitrogens is 2. The van der Waals surface area contributed by atoms with E-state index >= 15 is 0 Å². The minimum Gasteiger partial charge on any atom is -0.292 e. The van der Waals surface area contributed by atoms with Gasteiger partial charge in [0, 0.05) is 11.3 Å². The van der Waals surface area contributed by atoms with Crippen LogP contribution in [-0.2, 0) is 0 Å². The fraction of sp³-hybridized carbons (Fsp3) is 0.0952. The van der Waals surface area contributed by atoms with Crippen molar-refractivity contribution in [1.82, 2.24) is 9.55 Å². The molecule has 0 fully saturated rings. The van der Waals surface area contributed by atoms with E-state index in [2.05, 4.69) is 60.5 Å². The molecule has 0 N–H and O–H groups in total. The van der Waals surface area contributed by atoms with E-state index in [4.69, 9.17) is 4.98 Å². The predicted molar refractivity (Wildman–Crippen MR) is 98.5 cm³/mol. The third-order valence-corrected chi connectivity index (χ3v) is 3.78. The number of allylic oxidation sites excluding steroid dienone is 1. The average Bonchev–Trinajstić information content (AvgIpc) is 2.95. The quantitative estimate of drug-likeness (QED) is 0.620. The standard InChI is InChI=1S/C21H20N2/c1-4-9-20-19(5-2)22-21(17-14-12-16(3)13-15-17)23(20)18-10-7-6-8-11-18/h4-15H,2H2,1,3H3/b9-4-. The Kier molecular flexibility index (Phi) is 4.24. The Morgan fingerprint density at radius 3 is 2.30 bits per heavy atom. The average molecular weight is 300 g/mol. The van der Waals surface area contributed by atoms with Crippen molar-refractivity contribution in [1.29, 1.82) is 0 Å². The van der Waals surface area contributed by atoms with Gasteiger partial charge >= 0.3 is 0 Å². The molecule has 23 heavy (non-hydrogen) atoms. The summed E-state index contributed by atoms with van der Waals surface area (Å²) in [7, 11) is 0. The van der Waals surface area contributed by atoms with Gasteiger partial charge in [-0.05, 0) is 38.1 Å². The first-order chi connectivity index (χ1) is 11.2. The molecule has 3 rings (SSSR count). The van der Waals surface area contributed by atoms with Gasteiger partial charge in [-0.15, -0.1) is 0 Å². The van der Waals surface area contributed by atoms with Gasteiger partial charge in [0.15, 0.2) is 0 Å². The lowest BCUT2D eigenvalue weighted by Crippen LogP contribution is -1.99. The summed E-state index contributed by atoms with van der Waals surface area (Å²) in [6.07, 6.45) is 5.92. The minimum absolute atomic E-state index is 0.891. The first kappa shape index (κ1) is 15.0. The Morgan fingerprint density at radius 2 is 1.70 bits per heavy atom. The number of benzene rings is 2. The fourth-order valence-electron chi connectivity index (χ4n) is 2.65. The number of imidazole rings is 1. The van der Waals surface area contributed by atoms with E-state index in [1.165, 1.54) is 5.56 Å². The lowest BCUT2D eigenvalue weighted by molar-refractivity contribution is 1.05. The van der Waals surface area contributed by atoms with E-state index in [1.54, 1.807) is 0 Å². The molecule has 2 nitrogen and oxygen atoms in total. The molecule has 0 aliphatic carbocycles. The molecule has 0 radical (unpaired) electrons. The topological polar surface area (TPSA) is 17.8 Å². The second-order valence-corrected chi connectivity index (χ2v) is 5.45. The maximum absolute atomic E-state index is 4.82. The van der Waals surface area contributed by atoms with Crippen molar-refractivity contribution in [2.24, 2.45) is 0 Å². The van der Waals surface area contributed by atoms with Crippen LogP contribution in [0, 0.1) is 6.92 Å². The lowest BCUT2D eigenvalue weighted by Gasteiger charge is -2.11. The van der Waals surface area contributed by atoms with Crippen LogP contribution in [0.25, 0.3) is 29.2 Å². The number of aryl methyl sites for hydroxylation is 1. The Bertz CT molecular complexity index is 838. The van der Waals surface area contributed by atoms with Crippen LogP contribution in [0.4, 0.5) is 0 Å². The Labute approximate surface area is 137 Å². The summed E-state index contributed by atoms with van der Waals surface area (Å²) >= 11 is 0. The second-order valence-electron chi connectivity index (χ2n) is 5.45. The summed E-state index contributed by atoms with van der Waals surface area (Å²) in [6.45, 7) is 8.03. The van der Waals surface area contributed by atoms with E-state index in [0.717, 1.165) is 28.5 Å². The zero-order chi connectivity index (χ0) is 16.2. The first-order valence-corrected chi connectivity index (χ1v) is 7.75. The van der Waals surface area contributed by atoms with Gasteiger partial charge in [0.2, 0.25) is 0 Å². The largest absolute Gasteiger partial charge is 0.292 e. The summed E-state index contributed by atoms with van der Waals surface area (Å²) in [5, 5.41) is 0. The molecule has 0 amide bonds. The highest BCUT2D eigenvalue weighted by atomic mass is 15.1. The molecule has 1 aromatic heterocycles. The van der Waals surface area contributed by atoms with E-state index in [0.29, 0.717) is 0 Å². The molecule has 0 spiro atoms. The number of hydrogen-bond acceptors (Lipinski definition) is 1. The van der Waals surface area contributed by atoms with Gasteiger partial charge in [-0.25, -0.2) is 4.98 Å². The third kappa shape index (κ3) is 2.88. The molecule has 0 saturated carbocycles. The zero-order valence-corrected chi connectivity index (χ0v) is 13.5. The van der Waals surface area contributed by atoms with Crippen molar-refractivity contribution in [2.45, 2.75) is 13.8 Å². The Morgan fingerprint density at radius 1 is 1.00 bits per heavy atom. The van der Waals surface area contributed by atoms with E-state index in [1.807, 2.05) is 37.3 Å². The van der Waals surface area contributed by atoms with Crippen LogP contribution in [-0.4, -0.2) is 9.55 Å². The summed E-state index contributed by atoms with van der Waals surface area (Å²) in [6, 6.07) is 18.8. The summed E-state index contributed by atoms with van der Waals surface area (Å²) < 4.78 is 2.18. The van der Waals surface area contributed by atoms with Crippen LogP contribution in [0.1, 0.15) is 23.9 Å². The third-order valence-electron chi connectivity index (χ3n) is 3.78. The van der Waals surface area contributed by atoms with Crippen molar-refractivity contribution < 1.29 is 0 Å². The molecule has 0 atom stereocenters. The summed E-state index contributed by atoms with van der Waals surface area (Å²) in [4.78, 5) is 4.82. The maximum atomic E-state index is 4.82.